The van der Waals surface area contributed by atoms with Gasteiger partial charge < -0.3 is 5.11 Å². The number of rotatable bonds is 3. The van der Waals surface area contributed by atoms with Crippen LogP contribution >= 0.6 is 11.3 Å². The van der Waals surface area contributed by atoms with Gasteiger partial charge >= 0.3 is 0 Å². The Morgan fingerprint density at radius 1 is 1.47 bits per heavy atom. The Morgan fingerprint density at radius 3 is 2.76 bits per heavy atom. The van der Waals surface area contributed by atoms with Gasteiger partial charge in [-0.1, -0.05) is 12.1 Å². The summed E-state index contributed by atoms with van der Waals surface area (Å²) in [4.78, 5) is 15.2. The first-order valence-electron chi connectivity index (χ1n) is 4.97. The molecule has 0 aliphatic heterocycles. The van der Waals surface area contributed by atoms with Crippen LogP contribution in [0.15, 0.2) is 30.5 Å². The Bertz CT molecular complexity index is 551. The molecule has 0 amide bonds. The summed E-state index contributed by atoms with van der Waals surface area (Å²) in [6.45, 7) is 1.64. The zero-order valence-corrected chi connectivity index (χ0v) is 9.85. The number of nitro benzene ring substituents is 1. The molecule has 1 unspecified atom stereocenters. The molecule has 2 rings (SSSR count). The highest BCUT2D eigenvalue weighted by Crippen LogP contribution is 2.34. The second-order valence-corrected chi connectivity index (χ2v) is 4.58. The first kappa shape index (κ1) is 11.7. The van der Waals surface area contributed by atoms with Crippen molar-refractivity contribution in [3.63, 3.8) is 0 Å². The Morgan fingerprint density at radius 2 is 2.18 bits per heavy atom. The van der Waals surface area contributed by atoms with Crippen LogP contribution in [0, 0.1) is 10.1 Å². The average molecular weight is 250 g/mol. The molecule has 6 heteroatoms. The fourth-order valence-electron chi connectivity index (χ4n) is 1.42. The third-order valence-corrected chi connectivity index (χ3v) is 3.47. The highest BCUT2D eigenvalue weighted by atomic mass is 32.1. The number of benzene rings is 1. The molecular weight excluding hydrogens is 240 g/mol. The van der Waals surface area contributed by atoms with Gasteiger partial charge in [0.05, 0.1) is 21.5 Å². The summed E-state index contributed by atoms with van der Waals surface area (Å²) in [5.74, 6) is 0. The van der Waals surface area contributed by atoms with E-state index in [0.29, 0.717) is 15.4 Å². The van der Waals surface area contributed by atoms with Gasteiger partial charge in [-0.05, 0) is 13.0 Å². The molecule has 1 atom stereocenters. The van der Waals surface area contributed by atoms with E-state index in [-0.39, 0.29) is 5.69 Å². The van der Waals surface area contributed by atoms with E-state index in [9.17, 15) is 15.2 Å². The fraction of sp³-hybridized carbons (Fsp3) is 0.182. The molecule has 17 heavy (non-hydrogen) atoms. The summed E-state index contributed by atoms with van der Waals surface area (Å²) in [6, 6.07) is 6.44. The number of nitro groups is 1. The molecule has 88 valence electrons. The van der Waals surface area contributed by atoms with Crippen LogP contribution in [-0.4, -0.2) is 15.0 Å². The molecule has 1 N–H and O–H groups in total. The minimum atomic E-state index is -0.607. The number of hydrogen-bond donors (Lipinski definition) is 1. The fourth-order valence-corrected chi connectivity index (χ4v) is 2.31. The van der Waals surface area contributed by atoms with E-state index in [0.717, 1.165) is 0 Å². The van der Waals surface area contributed by atoms with Crippen LogP contribution in [0.5, 0.6) is 0 Å². The monoisotopic (exact) mass is 250 g/mol. The predicted octanol–water partition coefficient (Wildman–Crippen LogP) is 2.77. The molecule has 0 aliphatic rings. The molecule has 0 fully saturated rings. The molecule has 0 bridgehead atoms. The lowest BCUT2D eigenvalue weighted by molar-refractivity contribution is -0.384. The maximum Gasteiger partial charge on any atom is 0.279 e. The maximum atomic E-state index is 10.9. The number of para-hydroxylation sites is 1. The number of hydrogen-bond acceptors (Lipinski definition) is 5. The Balaban J connectivity index is 2.49. The standard InChI is InChI=1S/C11H10N2O3S/c1-7(14)10-6-12-11(17-10)8-4-2-3-5-9(8)13(15)16/h2-7,14H,1H3. The lowest BCUT2D eigenvalue weighted by Gasteiger charge is -1.98. The summed E-state index contributed by atoms with van der Waals surface area (Å²) in [5.41, 5.74) is 0.508. The van der Waals surface area contributed by atoms with E-state index in [1.807, 2.05) is 0 Å². The van der Waals surface area contributed by atoms with E-state index in [4.69, 9.17) is 0 Å². The lowest BCUT2D eigenvalue weighted by atomic mass is 10.2. The molecule has 0 radical (unpaired) electrons. The van der Waals surface area contributed by atoms with Gasteiger partial charge in [0, 0.05) is 12.3 Å². The number of nitrogens with zero attached hydrogens (tertiary/aromatic N) is 2. The number of aliphatic hydroxyl groups is 1. The van der Waals surface area contributed by atoms with Crippen molar-refractivity contribution in [1.82, 2.24) is 4.98 Å². The third-order valence-electron chi connectivity index (χ3n) is 2.27. The van der Waals surface area contributed by atoms with Crippen molar-refractivity contribution < 1.29 is 10.0 Å². The zero-order valence-electron chi connectivity index (χ0n) is 9.03. The van der Waals surface area contributed by atoms with E-state index in [2.05, 4.69) is 4.98 Å². The minimum Gasteiger partial charge on any atom is -0.388 e. The van der Waals surface area contributed by atoms with Gasteiger partial charge in [-0.2, -0.15) is 0 Å². The minimum absolute atomic E-state index is 0.0268. The topological polar surface area (TPSA) is 76.3 Å². The first-order chi connectivity index (χ1) is 8.09. The second kappa shape index (κ2) is 4.60. The molecule has 5 nitrogen and oxygen atoms in total. The average Bonchev–Trinajstić information content (AvgIpc) is 2.78. The van der Waals surface area contributed by atoms with Gasteiger partial charge in [0.15, 0.2) is 0 Å². The molecule has 1 aromatic heterocycles. The van der Waals surface area contributed by atoms with Crippen LogP contribution < -0.4 is 0 Å². The van der Waals surface area contributed by atoms with Crippen LogP contribution in [0.3, 0.4) is 0 Å². The molecule has 0 spiro atoms. The molecular formula is C11H10N2O3S. The number of aromatic nitrogens is 1. The number of aliphatic hydroxyl groups excluding tert-OH is 1. The summed E-state index contributed by atoms with van der Waals surface area (Å²) in [5, 5.41) is 20.8. The Labute approximate surface area is 102 Å². The van der Waals surface area contributed by atoms with Gasteiger partial charge in [-0.3, -0.25) is 10.1 Å². The van der Waals surface area contributed by atoms with E-state index < -0.39 is 11.0 Å². The van der Waals surface area contributed by atoms with Crippen molar-refractivity contribution in [2.75, 3.05) is 0 Å². The summed E-state index contributed by atoms with van der Waals surface area (Å²) in [6.07, 6.45) is 0.936. The van der Waals surface area contributed by atoms with Crippen LogP contribution in [0.2, 0.25) is 0 Å². The quantitative estimate of drug-likeness (QED) is 0.671. The van der Waals surface area contributed by atoms with Crippen molar-refractivity contribution >= 4 is 17.0 Å². The number of thiazole rings is 1. The SMILES string of the molecule is CC(O)c1cnc(-c2ccccc2[N+](=O)[O-])s1. The third kappa shape index (κ3) is 2.32. The van der Waals surface area contributed by atoms with E-state index in [1.165, 1.54) is 17.4 Å². The molecule has 0 saturated heterocycles. The zero-order chi connectivity index (χ0) is 12.4. The second-order valence-electron chi connectivity index (χ2n) is 3.52. The first-order valence-corrected chi connectivity index (χ1v) is 5.79. The van der Waals surface area contributed by atoms with Crippen molar-refractivity contribution in [1.29, 1.82) is 0 Å². The summed E-state index contributed by atoms with van der Waals surface area (Å²) < 4.78 is 0. The van der Waals surface area contributed by atoms with Crippen LogP contribution in [-0.2, 0) is 0 Å². The molecule has 1 heterocycles. The smallest absolute Gasteiger partial charge is 0.279 e. The maximum absolute atomic E-state index is 10.9. The van der Waals surface area contributed by atoms with Gasteiger partial charge in [-0.25, -0.2) is 4.98 Å². The van der Waals surface area contributed by atoms with E-state index in [1.54, 1.807) is 31.3 Å². The molecule has 0 saturated carbocycles. The van der Waals surface area contributed by atoms with Crippen molar-refractivity contribution in [3.8, 4) is 10.6 Å². The lowest BCUT2D eigenvalue weighted by Crippen LogP contribution is -1.90. The molecule has 2 aromatic rings. The summed E-state index contributed by atoms with van der Waals surface area (Å²) in [7, 11) is 0. The van der Waals surface area contributed by atoms with Gasteiger partial charge in [0.2, 0.25) is 0 Å². The van der Waals surface area contributed by atoms with Gasteiger partial charge in [-0.15, -0.1) is 11.3 Å². The van der Waals surface area contributed by atoms with Crippen molar-refractivity contribution in [2.45, 2.75) is 13.0 Å². The van der Waals surface area contributed by atoms with Crippen molar-refractivity contribution in [3.05, 3.63) is 45.5 Å². The van der Waals surface area contributed by atoms with Crippen LogP contribution in [0.4, 0.5) is 5.69 Å². The Kier molecular flexibility index (Phi) is 3.16. The highest BCUT2D eigenvalue weighted by molar-refractivity contribution is 7.15. The summed E-state index contributed by atoms with van der Waals surface area (Å²) >= 11 is 1.26. The van der Waals surface area contributed by atoms with Gasteiger partial charge in [0.25, 0.3) is 5.69 Å². The largest absolute Gasteiger partial charge is 0.388 e. The molecule has 1 aromatic carbocycles. The van der Waals surface area contributed by atoms with Crippen LogP contribution in [0.25, 0.3) is 10.6 Å². The molecule has 0 aliphatic carbocycles. The van der Waals surface area contributed by atoms with Gasteiger partial charge in [0.1, 0.15) is 5.01 Å². The Hall–Kier alpha value is -1.79. The van der Waals surface area contributed by atoms with Crippen molar-refractivity contribution in [2.24, 2.45) is 0 Å². The predicted molar refractivity (Wildman–Crippen MR) is 64.8 cm³/mol. The highest BCUT2D eigenvalue weighted by Gasteiger charge is 2.17. The normalized spacial score (nSPS) is 12.4. The van der Waals surface area contributed by atoms with Crippen LogP contribution in [0.1, 0.15) is 17.9 Å². The van der Waals surface area contributed by atoms with E-state index >= 15 is 0 Å².